The van der Waals surface area contributed by atoms with Crippen molar-refractivity contribution < 1.29 is 0 Å². The van der Waals surface area contributed by atoms with Gasteiger partial charge in [-0.1, -0.05) is 33.1 Å². The highest BCUT2D eigenvalue weighted by atomic mass is 79.9. The van der Waals surface area contributed by atoms with Gasteiger partial charge in [-0.25, -0.2) is 4.98 Å². The van der Waals surface area contributed by atoms with E-state index in [0.717, 1.165) is 13.0 Å². The number of hydrogen-bond donors (Lipinski definition) is 2. The lowest BCUT2D eigenvalue weighted by atomic mass is 9.99. The molecular weight excluding hydrogens is 282 g/mol. The second-order valence-corrected chi connectivity index (χ2v) is 4.98. The molecule has 1 unspecified atom stereocenters. The summed E-state index contributed by atoms with van der Waals surface area (Å²) in [5.41, 5.74) is -0.149. The molecule has 17 heavy (non-hydrogen) atoms. The molecule has 1 atom stereocenters. The number of unbranched alkanes of at least 4 members (excludes halogenated alkanes) is 1. The molecule has 1 rings (SSSR count). The van der Waals surface area contributed by atoms with Crippen molar-refractivity contribution in [1.82, 2.24) is 9.97 Å². The van der Waals surface area contributed by atoms with Crippen LogP contribution in [0, 0.1) is 5.92 Å². The summed E-state index contributed by atoms with van der Waals surface area (Å²) < 4.78 is 0.477. The normalized spacial score (nSPS) is 12.4. The minimum absolute atomic E-state index is 0.149. The summed E-state index contributed by atoms with van der Waals surface area (Å²) in [7, 11) is 0. The van der Waals surface area contributed by atoms with Crippen LogP contribution in [0.4, 0.5) is 5.82 Å². The van der Waals surface area contributed by atoms with E-state index in [2.05, 4.69) is 45.1 Å². The molecule has 0 aromatic carbocycles. The van der Waals surface area contributed by atoms with Crippen molar-refractivity contribution in [3.63, 3.8) is 0 Å². The van der Waals surface area contributed by atoms with Crippen molar-refractivity contribution >= 4 is 21.7 Å². The summed E-state index contributed by atoms with van der Waals surface area (Å²) in [6.45, 7) is 5.27. The van der Waals surface area contributed by atoms with Gasteiger partial charge in [-0.15, -0.1) is 0 Å². The molecule has 0 radical (unpaired) electrons. The summed E-state index contributed by atoms with van der Waals surface area (Å²) in [6.07, 6.45) is 6.27. The predicted molar refractivity (Wildman–Crippen MR) is 74.4 cm³/mol. The number of aromatic amines is 1. The van der Waals surface area contributed by atoms with Gasteiger partial charge in [-0.3, -0.25) is 4.79 Å². The number of H-pyrrole nitrogens is 1. The molecule has 4 nitrogen and oxygen atoms in total. The highest BCUT2D eigenvalue weighted by Crippen LogP contribution is 2.17. The molecule has 0 aliphatic carbocycles. The van der Waals surface area contributed by atoms with Gasteiger partial charge in [-0.2, -0.15) is 0 Å². The molecule has 0 spiro atoms. The topological polar surface area (TPSA) is 57.8 Å². The molecule has 0 saturated heterocycles. The van der Waals surface area contributed by atoms with E-state index in [4.69, 9.17) is 0 Å². The van der Waals surface area contributed by atoms with Gasteiger partial charge in [0.2, 0.25) is 0 Å². The van der Waals surface area contributed by atoms with Crippen LogP contribution in [0.2, 0.25) is 0 Å². The van der Waals surface area contributed by atoms with Gasteiger partial charge in [0, 0.05) is 6.54 Å². The Hall–Kier alpha value is -0.840. The van der Waals surface area contributed by atoms with Crippen LogP contribution in [-0.2, 0) is 0 Å². The second-order valence-electron chi connectivity index (χ2n) is 4.19. The molecule has 0 amide bonds. The molecule has 5 heteroatoms. The standard InChI is InChI=1S/C12H20BrN3O/c1-3-5-6-9(4-2)7-14-11-10(13)12(17)16-8-15-11/h8-9H,3-7H2,1-2H3,(H2,14,15,16,17). The highest BCUT2D eigenvalue weighted by Gasteiger charge is 2.09. The minimum Gasteiger partial charge on any atom is -0.369 e. The third-order valence-corrected chi connectivity index (χ3v) is 3.63. The predicted octanol–water partition coefficient (Wildman–Crippen LogP) is 3.16. The van der Waals surface area contributed by atoms with Crippen LogP contribution < -0.4 is 10.9 Å². The van der Waals surface area contributed by atoms with E-state index in [-0.39, 0.29) is 5.56 Å². The van der Waals surface area contributed by atoms with Crippen LogP contribution in [0.3, 0.4) is 0 Å². The Bertz CT molecular complexity index is 392. The maximum Gasteiger partial charge on any atom is 0.267 e. The van der Waals surface area contributed by atoms with Crippen molar-refractivity contribution in [2.24, 2.45) is 5.92 Å². The van der Waals surface area contributed by atoms with Gasteiger partial charge >= 0.3 is 0 Å². The molecule has 2 N–H and O–H groups in total. The first-order chi connectivity index (χ1) is 8.19. The Balaban J connectivity index is 2.53. The first-order valence-electron chi connectivity index (χ1n) is 6.16. The van der Waals surface area contributed by atoms with Gasteiger partial charge in [0.05, 0.1) is 6.33 Å². The minimum atomic E-state index is -0.149. The molecule has 1 aromatic heterocycles. The van der Waals surface area contributed by atoms with Crippen molar-refractivity contribution in [2.45, 2.75) is 39.5 Å². The van der Waals surface area contributed by atoms with E-state index in [1.807, 2.05) is 0 Å². The molecule has 96 valence electrons. The lowest BCUT2D eigenvalue weighted by molar-refractivity contribution is 0.472. The smallest absolute Gasteiger partial charge is 0.267 e. The Morgan fingerprint density at radius 2 is 2.29 bits per heavy atom. The molecule has 0 saturated carbocycles. The van der Waals surface area contributed by atoms with E-state index < -0.39 is 0 Å². The number of nitrogens with one attached hydrogen (secondary N) is 2. The van der Waals surface area contributed by atoms with Gasteiger partial charge < -0.3 is 10.3 Å². The average Bonchev–Trinajstić information content (AvgIpc) is 2.34. The maximum atomic E-state index is 11.3. The number of halogens is 1. The SMILES string of the molecule is CCCCC(CC)CNc1nc[nH]c(=O)c1Br. The Morgan fingerprint density at radius 3 is 2.94 bits per heavy atom. The first kappa shape index (κ1) is 14.2. The molecular formula is C12H20BrN3O. The quantitative estimate of drug-likeness (QED) is 0.813. The zero-order valence-electron chi connectivity index (χ0n) is 10.4. The third-order valence-electron chi connectivity index (χ3n) is 2.90. The van der Waals surface area contributed by atoms with E-state index in [9.17, 15) is 4.79 Å². The summed E-state index contributed by atoms with van der Waals surface area (Å²) in [6, 6.07) is 0. The van der Waals surface area contributed by atoms with E-state index in [0.29, 0.717) is 16.2 Å². The lowest BCUT2D eigenvalue weighted by Gasteiger charge is -2.15. The van der Waals surface area contributed by atoms with E-state index in [1.165, 1.54) is 25.6 Å². The number of anilines is 1. The molecule has 1 aromatic rings. The zero-order chi connectivity index (χ0) is 12.7. The van der Waals surface area contributed by atoms with Crippen LogP contribution in [0.5, 0.6) is 0 Å². The second kappa shape index (κ2) is 7.48. The molecule has 0 aliphatic heterocycles. The van der Waals surface area contributed by atoms with E-state index >= 15 is 0 Å². The largest absolute Gasteiger partial charge is 0.369 e. The fourth-order valence-corrected chi connectivity index (χ4v) is 2.05. The van der Waals surface area contributed by atoms with Crippen LogP contribution in [0.25, 0.3) is 0 Å². The van der Waals surface area contributed by atoms with Crippen LogP contribution in [0.1, 0.15) is 39.5 Å². The molecule has 0 aliphatic rings. The van der Waals surface area contributed by atoms with Crippen molar-refractivity contribution in [3.8, 4) is 0 Å². The Morgan fingerprint density at radius 1 is 1.53 bits per heavy atom. The number of aromatic nitrogens is 2. The lowest BCUT2D eigenvalue weighted by Crippen LogP contribution is -2.17. The van der Waals surface area contributed by atoms with Crippen molar-refractivity contribution in [3.05, 3.63) is 21.2 Å². The summed E-state index contributed by atoms with van der Waals surface area (Å²) in [4.78, 5) is 18.0. The summed E-state index contributed by atoms with van der Waals surface area (Å²) >= 11 is 3.24. The van der Waals surface area contributed by atoms with Gasteiger partial charge in [0.15, 0.2) is 0 Å². The fraction of sp³-hybridized carbons (Fsp3) is 0.667. The third kappa shape index (κ3) is 4.50. The average molecular weight is 302 g/mol. The fourth-order valence-electron chi connectivity index (χ4n) is 1.69. The molecule has 1 heterocycles. The first-order valence-corrected chi connectivity index (χ1v) is 6.95. The maximum absolute atomic E-state index is 11.3. The van der Waals surface area contributed by atoms with Crippen molar-refractivity contribution in [2.75, 3.05) is 11.9 Å². The van der Waals surface area contributed by atoms with Crippen molar-refractivity contribution in [1.29, 1.82) is 0 Å². The molecule has 0 bridgehead atoms. The van der Waals surface area contributed by atoms with Crippen LogP contribution in [0.15, 0.2) is 15.6 Å². The highest BCUT2D eigenvalue weighted by molar-refractivity contribution is 9.10. The molecule has 0 fully saturated rings. The monoisotopic (exact) mass is 301 g/mol. The summed E-state index contributed by atoms with van der Waals surface area (Å²) in [5.74, 6) is 1.27. The van der Waals surface area contributed by atoms with Gasteiger partial charge in [-0.05, 0) is 28.3 Å². The van der Waals surface area contributed by atoms with E-state index in [1.54, 1.807) is 0 Å². The Kier molecular flexibility index (Phi) is 6.26. The van der Waals surface area contributed by atoms with Gasteiger partial charge in [0.1, 0.15) is 10.3 Å². The number of hydrogen-bond acceptors (Lipinski definition) is 3. The number of nitrogens with zero attached hydrogens (tertiary/aromatic N) is 1. The van der Waals surface area contributed by atoms with Crippen LogP contribution >= 0.6 is 15.9 Å². The zero-order valence-corrected chi connectivity index (χ0v) is 12.0. The summed E-state index contributed by atoms with van der Waals surface area (Å²) in [5, 5.41) is 3.24. The Labute approximate surface area is 110 Å². The number of rotatable bonds is 7. The van der Waals surface area contributed by atoms with Crippen LogP contribution in [-0.4, -0.2) is 16.5 Å². The van der Waals surface area contributed by atoms with Gasteiger partial charge in [0.25, 0.3) is 5.56 Å².